The molecular weight excluding hydrogens is 318 g/mol. The Balaban J connectivity index is 2.33. The zero-order valence-corrected chi connectivity index (χ0v) is 14.6. The van der Waals surface area contributed by atoms with Gasteiger partial charge in [-0.15, -0.1) is 0 Å². The molecule has 0 bridgehead atoms. The zero-order chi connectivity index (χ0) is 18.1. The van der Waals surface area contributed by atoms with E-state index in [1.54, 1.807) is 31.4 Å². The van der Waals surface area contributed by atoms with E-state index in [9.17, 15) is 9.59 Å². The van der Waals surface area contributed by atoms with E-state index >= 15 is 0 Å². The summed E-state index contributed by atoms with van der Waals surface area (Å²) >= 11 is 0. The maximum absolute atomic E-state index is 12.7. The summed E-state index contributed by atoms with van der Waals surface area (Å²) in [6.45, 7) is 2.37. The van der Waals surface area contributed by atoms with Crippen molar-refractivity contribution in [1.29, 1.82) is 0 Å². The second kappa shape index (κ2) is 9.47. The van der Waals surface area contributed by atoms with E-state index in [2.05, 4.69) is 0 Å². The average molecular weight is 341 g/mol. The number of rotatable bonds is 9. The molecule has 0 saturated heterocycles. The van der Waals surface area contributed by atoms with Gasteiger partial charge in [0, 0.05) is 5.69 Å². The summed E-state index contributed by atoms with van der Waals surface area (Å²) in [6.07, 6.45) is 2.37. The van der Waals surface area contributed by atoms with Gasteiger partial charge in [-0.05, 0) is 36.2 Å². The third kappa shape index (κ3) is 4.83. The van der Waals surface area contributed by atoms with Gasteiger partial charge in [0.05, 0.1) is 13.7 Å². The third-order valence-electron chi connectivity index (χ3n) is 3.84. The Morgan fingerprint density at radius 3 is 2.36 bits per heavy atom. The number of carbonyl (C=O) groups excluding carboxylic acids is 2. The van der Waals surface area contributed by atoms with E-state index in [1.807, 2.05) is 37.3 Å². The van der Waals surface area contributed by atoms with Gasteiger partial charge in [0.1, 0.15) is 5.75 Å². The van der Waals surface area contributed by atoms with E-state index in [1.165, 1.54) is 4.90 Å². The molecule has 0 heterocycles. The molecule has 0 aliphatic rings. The summed E-state index contributed by atoms with van der Waals surface area (Å²) in [5, 5.41) is 0. The summed E-state index contributed by atoms with van der Waals surface area (Å²) in [5.74, 6) is 0.235. The van der Waals surface area contributed by atoms with Crippen molar-refractivity contribution >= 4 is 18.1 Å². The van der Waals surface area contributed by atoms with Gasteiger partial charge in [0.2, 0.25) is 6.41 Å². The van der Waals surface area contributed by atoms with Gasteiger partial charge < -0.3 is 9.47 Å². The number of nitrogens with zero attached hydrogens (tertiary/aromatic N) is 1. The van der Waals surface area contributed by atoms with Crippen LogP contribution >= 0.6 is 0 Å². The smallest absolute Gasteiger partial charge is 0.333 e. The van der Waals surface area contributed by atoms with Crippen LogP contribution in [0.2, 0.25) is 0 Å². The van der Waals surface area contributed by atoms with Crippen molar-refractivity contribution in [3.05, 3.63) is 60.2 Å². The number of anilines is 1. The van der Waals surface area contributed by atoms with E-state index < -0.39 is 12.0 Å². The molecule has 0 spiro atoms. The van der Waals surface area contributed by atoms with Gasteiger partial charge in [0.25, 0.3) is 0 Å². The number of hydrogen-bond acceptors (Lipinski definition) is 4. The SMILES string of the molecule is CCCCOC(=O)C(c1ccccc1)N(C=O)c1ccc(OC)cc1. The van der Waals surface area contributed by atoms with Crippen LogP contribution in [0.4, 0.5) is 5.69 Å². The molecule has 1 unspecified atom stereocenters. The molecule has 0 N–H and O–H groups in total. The minimum absolute atomic E-state index is 0.341. The molecule has 0 aliphatic carbocycles. The highest BCUT2D eigenvalue weighted by atomic mass is 16.5. The maximum atomic E-state index is 12.7. The Morgan fingerprint density at radius 2 is 1.80 bits per heavy atom. The lowest BCUT2D eigenvalue weighted by Crippen LogP contribution is -2.34. The number of methoxy groups -OCH3 is 1. The standard InChI is InChI=1S/C20H23NO4/c1-3-4-14-25-20(23)19(16-8-6-5-7-9-16)21(15-22)17-10-12-18(24-2)13-11-17/h5-13,15,19H,3-4,14H2,1-2H3. The van der Waals surface area contributed by atoms with E-state index in [4.69, 9.17) is 9.47 Å². The van der Waals surface area contributed by atoms with Crippen LogP contribution in [0, 0.1) is 0 Å². The average Bonchev–Trinajstić information content (AvgIpc) is 2.67. The molecular formula is C20H23NO4. The molecule has 2 aromatic carbocycles. The molecule has 5 heteroatoms. The van der Waals surface area contributed by atoms with Crippen molar-refractivity contribution in [1.82, 2.24) is 0 Å². The highest BCUT2D eigenvalue weighted by molar-refractivity contribution is 5.90. The van der Waals surface area contributed by atoms with Crippen LogP contribution in [0.1, 0.15) is 31.4 Å². The number of esters is 1. The van der Waals surface area contributed by atoms with Gasteiger partial charge in [-0.2, -0.15) is 0 Å². The summed E-state index contributed by atoms with van der Waals surface area (Å²) in [6, 6.07) is 15.3. The molecule has 5 nitrogen and oxygen atoms in total. The fourth-order valence-electron chi connectivity index (χ4n) is 2.47. The lowest BCUT2D eigenvalue weighted by molar-refractivity contribution is -0.146. The number of hydrogen-bond donors (Lipinski definition) is 0. The predicted molar refractivity (Wildman–Crippen MR) is 96.6 cm³/mol. The van der Waals surface area contributed by atoms with Crippen molar-refractivity contribution in [3.63, 3.8) is 0 Å². The van der Waals surface area contributed by atoms with Crippen molar-refractivity contribution in [2.75, 3.05) is 18.6 Å². The molecule has 25 heavy (non-hydrogen) atoms. The minimum atomic E-state index is -0.830. The summed E-state index contributed by atoms with van der Waals surface area (Å²) < 4.78 is 10.5. The lowest BCUT2D eigenvalue weighted by atomic mass is 10.0. The fraction of sp³-hybridized carbons (Fsp3) is 0.300. The number of carbonyl (C=O) groups is 2. The molecule has 0 aromatic heterocycles. The maximum Gasteiger partial charge on any atom is 0.333 e. The van der Waals surface area contributed by atoms with Crippen molar-refractivity contribution in [3.8, 4) is 5.75 Å². The van der Waals surface area contributed by atoms with E-state index in [-0.39, 0.29) is 0 Å². The summed E-state index contributed by atoms with van der Waals surface area (Å²) in [7, 11) is 1.57. The Morgan fingerprint density at radius 1 is 1.12 bits per heavy atom. The van der Waals surface area contributed by atoms with Crippen LogP contribution < -0.4 is 9.64 Å². The highest BCUT2D eigenvalue weighted by Gasteiger charge is 2.29. The van der Waals surface area contributed by atoms with Crippen LogP contribution in [0.5, 0.6) is 5.75 Å². The molecule has 1 atom stereocenters. The highest BCUT2D eigenvalue weighted by Crippen LogP contribution is 2.28. The Kier molecular flexibility index (Phi) is 7.01. The summed E-state index contributed by atoms with van der Waals surface area (Å²) in [4.78, 5) is 25.8. The summed E-state index contributed by atoms with van der Waals surface area (Å²) in [5.41, 5.74) is 1.30. The second-order valence-corrected chi connectivity index (χ2v) is 5.54. The topological polar surface area (TPSA) is 55.8 Å². The first-order chi connectivity index (χ1) is 12.2. The largest absolute Gasteiger partial charge is 0.497 e. The first-order valence-corrected chi connectivity index (χ1v) is 8.30. The molecule has 1 amide bonds. The molecule has 0 radical (unpaired) electrons. The van der Waals surface area contributed by atoms with Gasteiger partial charge in [-0.3, -0.25) is 9.69 Å². The van der Waals surface area contributed by atoms with Crippen molar-refractivity contribution in [2.24, 2.45) is 0 Å². The normalized spacial score (nSPS) is 11.4. The first-order valence-electron chi connectivity index (χ1n) is 8.30. The van der Waals surface area contributed by atoms with E-state index in [0.29, 0.717) is 30.0 Å². The predicted octanol–water partition coefficient (Wildman–Crippen LogP) is 3.74. The molecule has 2 aromatic rings. The van der Waals surface area contributed by atoms with Gasteiger partial charge in [-0.1, -0.05) is 43.7 Å². The molecule has 2 rings (SSSR count). The number of benzene rings is 2. The van der Waals surface area contributed by atoms with Crippen molar-refractivity contribution in [2.45, 2.75) is 25.8 Å². The quantitative estimate of drug-likeness (QED) is 0.396. The molecule has 0 saturated carbocycles. The van der Waals surface area contributed by atoms with Crippen LogP contribution in [0.25, 0.3) is 0 Å². The van der Waals surface area contributed by atoms with Crippen molar-refractivity contribution < 1.29 is 19.1 Å². The van der Waals surface area contributed by atoms with Gasteiger partial charge in [-0.25, -0.2) is 4.79 Å². The fourth-order valence-corrected chi connectivity index (χ4v) is 2.47. The minimum Gasteiger partial charge on any atom is -0.497 e. The van der Waals surface area contributed by atoms with Crippen LogP contribution in [-0.2, 0) is 14.3 Å². The monoisotopic (exact) mass is 341 g/mol. The third-order valence-corrected chi connectivity index (χ3v) is 3.84. The van der Waals surface area contributed by atoms with Crippen LogP contribution in [0.3, 0.4) is 0 Å². The van der Waals surface area contributed by atoms with E-state index in [0.717, 1.165) is 12.8 Å². The molecule has 132 valence electrons. The second-order valence-electron chi connectivity index (χ2n) is 5.54. The first kappa shape index (κ1) is 18.5. The van der Waals surface area contributed by atoms with Gasteiger partial charge >= 0.3 is 5.97 Å². The molecule has 0 fully saturated rings. The van der Waals surface area contributed by atoms with Crippen LogP contribution in [0.15, 0.2) is 54.6 Å². The Bertz CT molecular complexity index is 670. The molecule has 0 aliphatic heterocycles. The Hall–Kier alpha value is -2.82. The lowest BCUT2D eigenvalue weighted by Gasteiger charge is -2.27. The number of ether oxygens (including phenoxy) is 2. The van der Waals surface area contributed by atoms with Crippen LogP contribution in [-0.4, -0.2) is 26.1 Å². The Labute approximate surface area is 148 Å². The zero-order valence-electron chi connectivity index (χ0n) is 14.6. The number of unbranched alkanes of at least 4 members (excludes halogenated alkanes) is 1. The number of amides is 1. The van der Waals surface area contributed by atoms with Gasteiger partial charge in [0.15, 0.2) is 6.04 Å².